The number of anilines is 1. The van der Waals surface area contributed by atoms with Crippen LogP contribution in [0.1, 0.15) is 31.1 Å². The third-order valence-electron chi connectivity index (χ3n) is 3.40. The van der Waals surface area contributed by atoms with Gasteiger partial charge in [0.2, 0.25) is 0 Å². The number of hydrogen-bond acceptors (Lipinski definition) is 3. The van der Waals surface area contributed by atoms with Gasteiger partial charge in [0, 0.05) is 18.7 Å². The monoisotopic (exact) mass is 338 g/mol. The van der Waals surface area contributed by atoms with Gasteiger partial charge in [-0.2, -0.15) is 0 Å². The van der Waals surface area contributed by atoms with Crippen molar-refractivity contribution in [3.63, 3.8) is 0 Å². The van der Waals surface area contributed by atoms with Gasteiger partial charge in [0.15, 0.2) is 0 Å². The van der Waals surface area contributed by atoms with Crippen molar-refractivity contribution in [3.05, 3.63) is 41.4 Å². The number of carbonyl (C=O) groups is 2. The molecule has 0 radical (unpaired) electrons. The number of hydrogen-bond donors (Lipinski definition) is 1. The van der Waals surface area contributed by atoms with E-state index in [1.165, 1.54) is 0 Å². The molecule has 1 atom stereocenters. The molecule has 1 aromatic carbocycles. The largest absolute Gasteiger partial charge is 0.365 e. The molecule has 1 rings (SSSR count). The predicted octanol–water partition coefficient (Wildman–Crippen LogP) is 3.35. The highest BCUT2D eigenvalue weighted by molar-refractivity contribution is 6.34. The SMILES string of the molecule is C=CCO[C@H](C)C(=O)Nc1cc(C(=O)N(C)C(C)C)ccc1Cl. The first kappa shape index (κ1) is 19.2. The number of nitrogens with one attached hydrogen (secondary N) is 1. The third kappa shape index (κ3) is 5.37. The molecule has 5 nitrogen and oxygen atoms in total. The molecule has 0 fully saturated rings. The minimum Gasteiger partial charge on any atom is -0.365 e. The number of carbonyl (C=O) groups excluding carboxylic acids is 2. The van der Waals surface area contributed by atoms with Crippen LogP contribution in [0.25, 0.3) is 0 Å². The number of rotatable bonds is 7. The lowest BCUT2D eigenvalue weighted by molar-refractivity contribution is -0.125. The fourth-order valence-corrected chi connectivity index (χ4v) is 1.88. The Hall–Kier alpha value is -1.85. The van der Waals surface area contributed by atoms with E-state index in [1.807, 2.05) is 13.8 Å². The maximum absolute atomic E-state index is 12.3. The molecule has 0 bridgehead atoms. The highest BCUT2D eigenvalue weighted by Crippen LogP contribution is 2.24. The predicted molar refractivity (Wildman–Crippen MR) is 92.9 cm³/mol. The lowest BCUT2D eigenvalue weighted by Crippen LogP contribution is -2.33. The fraction of sp³-hybridized carbons (Fsp3) is 0.412. The van der Waals surface area contributed by atoms with Gasteiger partial charge < -0.3 is 15.0 Å². The van der Waals surface area contributed by atoms with E-state index in [4.69, 9.17) is 16.3 Å². The zero-order chi connectivity index (χ0) is 17.6. The Labute approximate surface area is 142 Å². The average Bonchev–Trinajstić information content (AvgIpc) is 2.52. The van der Waals surface area contributed by atoms with Crippen molar-refractivity contribution >= 4 is 29.1 Å². The second-order valence-electron chi connectivity index (χ2n) is 5.46. The van der Waals surface area contributed by atoms with Crippen LogP contribution >= 0.6 is 11.6 Å². The number of halogens is 1. The van der Waals surface area contributed by atoms with Crippen LogP contribution in [0.4, 0.5) is 5.69 Å². The van der Waals surface area contributed by atoms with Gasteiger partial charge in [0.25, 0.3) is 11.8 Å². The van der Waals surface area contributed by atoms with Crippen LogP contribution in [-0.2, 0) is 9.53 Å². The summed E-state index contributed by atoms with van der Waals surface area (Å²) in [5.41, 5.74) is 0.842. The Kier molecular flexibility index (Phi) is 7.26. The van der Waals surface area contributed by atoms with E-state index in [1.54, 1.807) is 43.1 Å². The molecule has 1 aromatic rings. The first-order chi connectivity index (χ1) is 10.8. The van der Waals surface area contributed by atoms with Crippen LogP contribution in [0, 0.1) is 0 Å². The van der Waals surface area contributed by atoms with Crippen molar-refractivity contribution in [2.75, 3.05) is 19.0 Å². The summed E-state index contributed by atoms with van der Waals surface area (Å²) in [6, 6.07) is 4.87. The second kappa shape index (κ2) is 8.70. The van der Waals surface area contributed by atoms with Crippen LogP contribution in [0.2, 0.25) is 5.02 Å². The molecule has 0 aliphatic rings. The number of benzene rings is 1. The zero-order valence-electron chi connectivity index (χ0n) is 13.9. The topological polar surface area (TPSA) is 58.6 Å². The van der Waals surface area contributed by atoms with Crippen molar-refractivity contribution in [1.82, 2.24) is 4.90 Å². The van der Waals surface area contributed by atoms with Crippen LogP contribution in [0.3, 0.4) is 0 Å². The summed E-state index contributed by atoms with van der Waals surface area (Å²) in [5, 5.41) is 3.04. The van der Waals surface area contributed by atoms with Crippen LogP contribution < -0.4 is 5.32 Å². The van der Waals surface area contributed by atoms with Crippen LogP contribution in [0.5, 0.6) is 0 Å². The van der Waals surface area contributed by atoms with Crippen molar-refractivity contribution in [2.45, 2.75) is 32.9 Å². The molecule has 0 aliphatic heterocycles. The summed E-state index contributed by atoms with van der Waals surface area (Å²) < 4.78 is 5.26. The summed E-state index contributed by atoms with van der Waals surface area (Å²) in [5.74, 6) is -0.473. The molecular weight excluding hydrogens is 316 g/mol. The Bertz CT molecular complexity index is 587. The molecule has 23 heavy (non-hydrogen) atoms. The third-order valence-corrected chi connectivity index (χ3v) is 3.73. The molecule has 0 spiro atoms. The molecule has 0 heterocycles. The maximum Gasteiger partial charge on any atom is 0.253 e. The normalized spacial score (nSPS) is 11.9. The van der Waals surface area contributed by atoms with Gasteiger partial charge in [-0.15, -0.1) is 6.58 Å². The smallest absolute Gasteiger partial charge is 0.253 e. The number of ether oxygens (including phenoxy) is 1. The van der Waals surface area contributed by atoms with Crippen molar-refractivity contribution in [1.29, 1.82) is 0 Å². The molecule has 0 aliphatic carbocycles. The summed E-state index contributed by atoms with van der Waals surface area (Å²) in [7, 11) is 1.73. The lowest BCUT2D eigenvalue weighted by atomic mass is 10.1. The van der Waals surface area contributed by atoms with Gasteiger partial charge >= 0.3 is 0 Å². The van der Waals surface area contributed by atoms with E-state index in [2.05, 4.69) is 11.9 Å². The molecule has 126 valence electrons. The summed E-state index contributed by atoms with van der Waals surface area (Å²) in [6.45, 7) is 9.29. The maximum atomic E-state index is 12.3. The molecule has 0 saturated carbocycles. The summed E-state index contributed by atoms with van der Waals surface area (Å²) >= 11 is 6.10. The van der Waals surface area contributed by atoms with Gasteiger partial charge in [0.05, 0.1) is 17.3 Å². The van der Waals surface area contributed by atoms with Gasteiger partial charge in [-0.05, 0) is 39.0 Å². The first-order valence-corrected chi connectivity index (χ1v) is 7.75. The Morgan fingerprint density at radius 1 is 1.39 bits per heavy atom. The van der Waals surface area contributed by atoms with E-state index < -0.39 is 6.10 Å². The quantitative estimate of drug-likeness (QED) is 0.776. The van der Waals surface area contributed by atoms with E-state index in [0.29, 0.717) is 16.3 Å². The van der Waals surface area contributed by atoms with Gasteiger partial charge in [-0.3, -0.25) is 9.59 Å². The summed E-state index contributed by atoms with van der Waals surface area (Å²) in [4.78, 5) is 26.0. The average molecular weight is 339 g/mol. The minimum absolute atomic E-state index is 0.0727. The summed E-state index contributed by atoms with van der Waals surface area (Å²) in [6.07, 6.45) is 0.916. The number of nitrogens with zero attached hydrogens (tertiary/aromatic N) is 1. The molecule has 0 unspecified atom stereocenters. The molecule has 0 aromatic heterocycles. The fourth-order valence-electron chi connectivity index (χ4n) is 1.71. The van der Waals surface area contributed by atoms with Gasteiger partial charge in [-0.1, -0.05) is 17.7 Å². The Morgan fingerprint density at radius 3 is 2.61 bits per heavy atom. The molecule has 2 amide bonds. The Morgan fingerprint density at radius 2 is 2.04 bits per heavy atom. The van der Waals surface area contributed by atoms with E-state index in [0.717, 1.165) is 0 Å². The highest BCUT2D eigenvalue weighted by Gasteiger charge is 2.18. The van der Waals surface area contributed by atoms with E-state index >= 15 is 0 Å². The highest BCUT2D eigenvalue weighted by atomic mass is 35.5. The molecule has 1 N–H and O–H groups in total. The van der Waals surface area contributed by atoms with E-state index in [-0.39, 0.29) is 24.5 Å². The van der Waals surface area contributed by atoms with Crippen LogP contribution in [0.15, 0.2) is 30.9 Å². The van der Waals surface area contributed by atoms with Gasteiger partial charge in [0.1, 0.15) is 6.10 Å². The zero-order valence-corrected chi connectivity index (χ0v) is 14.7. The molecular formula is C17H23ClN2O3. The standard InChI is InChI=1S/C17H23ClN2O3/c1-6-9-23-12(4)16(21)19-15-10-13(7-8-14(15)18)17(22)20(5)11(2)3/h6-8,10-12H,1,9H2,2-5H3,(H,19,21)/t12-/m1/s1. The molecule has 0 saturated heterocycles. The second-order valence-corrected chi connectivity index (χ2v) is 5.87. The van der Waals surface area contributed by atoms with E-state index in [9.17, 15) is 9.59 Å². The Balaban J connectivity index is 2.91. The van der Waals surface area contributed by atoms with Crippen molar-refractivity contribution in [3.8, 4) is 0 Å². The van der Waals surface area contributed by atoms with Gasteiger partial charge in [-0.25, -0.2) is 0 Å². The van der Waals surface area contributed by atoms with Crippen LogP contribution in [-0.4, -0.2) is 42.5 Å². The van der Waals surface area contributed by atoms with Crippen molar-refractivity contribution < 1.29 is 14.3 Å². The van der Waals surface area contributed by atoms with Crippen molar-refractivity contribution in [2.24, 2.45) is 0 Å². The number of amides is 2. The lowest BCUT2D eigenvalue weighted by Gasteiger charge is -2.22. The first-order valence-electron chi connectivity index (χ1n) is 7.38. The molecule has 6 heteroatoms. The minimum atomic E-state index is -0.651.